The number of methoxy groups -OCH3 is 1. The van der Waals surface area contributed by atoms with Crippen molar-refractivity contribution in [2.75, 3.05) is 12.4 Å². The van der Waals surface area contributed by atoms with E-state index in [1.54, 1.807) is 0 Å². The summed E-state index contributed by atoms with van der Waals surface area (Å²) in [7, 11) is -2.50. The van der Waals surface area contributed by atoms with Crippen LogP contribution in [0.3, 0.4) is 0 Å². The number of rotatable bonds is 8. The molecule has 1 fully saturated rings. The van der Waals surface area contributed by atoms with E-state index < -0.39 is 28.0 Å². The van der Waals surface area contributed by atoms with Gasteiger partial charge in [0.25, 0.3) is 5.91 Å². The van der Waals surface area contributed by atoms with E-state index in [0.717, 1.165) is 24.0 Å². The van der Waals surface area contributed by atoms with Gasteiger partial charge in [0.1, 0.15) is 10.6 Å². The molecule has 1 unspecified atom stereocenters. The molecule has 2 aromatic rings. The zero-order valence-electron chi connectivity index (χ0n) is 17.9. The van der Waals surface area contributed by atoms with E-state index in [4.69, 9.17) is 9.47 Å². The first-order valence-corrected chi connectivity index (χ1v) is 11.4. The van der Waals surface area contributed by atoms with Crippen LogP contribution in [-0.4, -0.2) is 39.5 Å². The Morgan fingerprint density at radius 2 is 1.74 bits per heavy atom. The number of hydrogen-bond donors (Lipinski definition) is 2. The van der Waals surface area contributed by atoms with Gasteiger partial charge in [-0.3, -0.25) is 4.79 Å². The minimum atomic E-state index is -3.85. The average molecular weight is 447 g/mol. The number of sulfonamides is 1. The molecule has 8 nitrogen and oxygen atoms in total. The van der Waals surface area contributed by atoms with Crippen LogP contribution in [0, 0.1) is 13.8 Å². The predicted octanol–water partition coefficient (Wildman–Crippen LogP) is 2.94. The number of carbonyl (C=O) groups excluding carboxylic acids is 2. The molecule has 2 aromatic carbocycles. The molecule has 1 aliphatic rings. The highest BCUT2D eigenvalue weighted by molar-refractivity contribution is 7.89. The van der Waals surface area contributed by atoms with Crippen molar-refractivity contribution in [3.8, 4) is 5.75 Å². The summed E-state index contributed by atoms with van der Waals surface area (Å²) in [6.07, 6.45) is 0.463. The Balaban J connectivity index is 1.75. The highest BCUT2D eigenvalue weighted by Gasteiger charge is 2.31. The van der Waals surface area contributed by atoms with Gasteiger partial charge in [0.15, 0.2) is 6.10 Å². The van der Waals surface area contributed by atoms with Crippen molar-refractivity contribution < 1.29 is 27.5 Å². The molecule has 0 spiro atoms. The molecule has 3 rings (SSSR count). The molecule has 0 saturated heterocycles. The summed E-state index contributed by atoms with van der Waals surface area (Å²) in [5.74, 6) is -1.18. The van der Waals surface area contributed by atoms with Crippen molar-refractivity contribution in [2.45, 2.75) is 50.7 Å². The molecule has 1 aliphatic carbocycles. The molecular formula is C22H26N2O6S. The van der Waals surface area contributed by atoms with Gasteiger partial charge in [-0.15, -0.1) is 0 Å². The Labute approximate surface area is 182 Å². The molecule has 31 heavy (non-hydrogen) atoms. The van der Waals surface area contributed by atoms with Crippen LogP contribution in [0.25, 0.3) is 0 Å². The normalized spacial score (nSPS) is 14.6. The van der Waals surface area contributed by atoms with E-state index in [1.165, 1.54) is 32.2 Å². The van der Waals surface area contributed by atoms with Crippen molar-refractivity contribution in [2.24, 2.45) is 0 Å². The summed E-state index contributed by atoms with van der Waals surface area (Å²) in [5.41, 5.74) is 2.45. The van der Waals surface area contributed by atoms with Crippen LogP contribution < -0.4 is 14.8 Å². The molecule has 0 heterocycles. The summed E-state index contributed by atoms with van der Waals surface area (Å²) in [5, 5.41) is 2.78. The van der Waals surface area contributed by atoms with Crippen LogP contribution in [-0.2, 0) is 19.6 Å². The molecule has 1 amide bonds. The maximum Gasteiger partial charge on any atom is 0.338 e. The molecule has 0 aliphatic heterocycles. The number of benzene rings is 2. The Morgan fingerprint density at radius 3 is 2.32 bits per heavy atom. The van der Waals surface area contributed by atoms with Gasteiger partial charge in [-0.05, 0) is 62.9 Å². The molecule has 1 saturated carbocycles. The van der Waals surface area contributed by atoms with Crippen LogP contribution >= 0.6 is 0 Å². The summed E-state index contributed by atoms with van der Waals surface area (Å²) in [6, 6.07) is 9.51. The Kier molecular flexibility index (Phi) is 6.66. The number of para-hydroxylation sites is 1. The van der Waals surface area contributed by atoms with Gasteiger partial charge in [-0.25, -0.2) is 17.9 Å². The van der Waals surface area contributed by atoms with Gasteiger partial charge in [-0.1, -0.05) is 18.2 Å². The molecule has 0 radical (unpaired) electrons. The molecule has 0 bridgehead atoms. The Hall–Kier alpha value is -2.91. The number of aryl methyl sites for hydroxylation is 2. The van der Waals surface area contributed by atoms with E-state index in [2.05, 4.69) is 10.0 Å². The van der Waals surface area contributed by atoms with Crippen LogP contribution in [0.2, 0.25) is 0 Å². The summed E-state index contributed by atoms with van der Waals surface area (Å²) < 4.78 is 38.2. The lowest BCUT2D eigenvalue weighted by Crippen LogP contribution is -2.30. The van der Waals surface area contributed by atoms with Crippen molar-refractivity contribution >= 4 is 27.6 Å². The fourth-order valence-corrected chi connectivity index (χ4v) is 4.52. The third-order valence-electron chi connectivity index (χ3n) is 4.97. The van der Waals surface area contributed by atoms with E-state index >= 15 is 0 Å². The number of hydrogen-bond acceptors (Lipinski definition) is 6. The lowest BCUT2D eigenvalue weighted by Gasteiger charge is -2.17. The van der Waals surface area contributed by atoms with E-state index in [1.807, 2.05) is 32.0 Å². The zero-order chi connectivity index (χ0) is 22.8. The minimum Gasteiger partial charge on any atom is -0.495 e. The molecular weight excluding hydrogens is 420 g/mol. The molecule has 1 atom stereocenters. The average Bonchev–Trinajstić information content (AvgIpc) is 3.53. The summed E-state index contributed by atoms with van der Waals surface area (Å²) in [6.45, 7) is 5.19. The van der Waals surface area contributed by atoms with Gasteiger partial charge in [0, 0.05) is 11.7 Å². The number of carbonyl (C=O) groups is 2. The van der Waals surface area contributed by atoms with Crippen LogP contribution in [0.4, 0.5) is 5.69 Å². The monoisotopic (exact) mass is 446 g/mol. The van der Waals surface area contributed by atoms with Gasteiger partial charge < -0.3 is 14.8 Å². The third-order valence-corrected chi connectivity index (χ3v) is 6.51. The number of anilines is 1. The van der Waals surface area contributed by atoms with E-state index in [-0.39, 0.29) is 22.3 Å². The van der Waals surface area contributed by atoms with Gasteiger partial charge in [0.05, 0.1) is 12.7 Å². The molecule has 0 aromatic heterocycles. The fraction of sp³-hybridized carbons (Fsp3) is 0.364. The second kappa shape index (κ2) is 9.07. The smallest absolute Gasteiger partial charge is 0.338 e. The third kappa shape index (κ3) is 5.42. The first-order chi connectivity index (χ1) is 14.6. The van der Waals surface area contributed by atoms with Crippen molar-refractivity contribution in [1.82, 2.24) is 4.72 Å². The Bertz CT molecular complexity index is 1090. The van der Waals surface area contributed by atoms with Crippen molar-refractivity contribution in [3.05, 3.63) is 53.1 Å². The number of nitrogens with one attached hydrogen (secondary N) is 2. The van der Waals surface area contributed by atoms with Crippen molar-refractivity contribution in [1.29, 1.82) is 0 Å². The molecule has 166 valence electrons. The summed E-state index contributed by atoms with van der Waals surface area (Å²) in [4.78, 5) is 25.0. The quantitative estimate of drug-likeness (QED) is 0.603. The lowest BCUT2D eigenvalue weighted by molar-refractivity contribution is -0.123. The van der Waals surface area contributed by atoms with Gasteiger partial charge >= 0.3 is 5.97 Å². The second-order valence-corrected chi connectivity index (χ2v) is 9.25. The second-order valence-electron chi connectivity index (χ2n) is 7.56. The first kappa shape index (κ1) is 22.8. The number of amides is 1. The van der Waals surface area contributed by atoms with E-state index in [9.17, 15) is 18.0 Å². The number of esters is 1. The first-order valence-electron chi connectivity index (χ1n) is 9.91. The predicted molar refractivity (Wildman–Crippen MR) is 116 cm³/mol. The van der Waals surface area contributed by atoms with Crippen LogP contribution in [0.1, 0.15) is 41.3 Å². The Morgan fingerprint density at radius 1 is 1.10 bits per heavy atom. The highest BCUT2D eigenvalue weighted by Crippen LogP contribution is 2.28. The maximum absolute atomic E-state index is 12.6. The van der Waals surface area contributed by atoms with Crippen LogP contribution in [0.5, 0.6) is 5.75 Å². The zero-order valence-corrected chi connectivity index (χ0v) is 18.7. The van der Waals surface area contributed by atoms with Gasteiger partial charge in [0.2, 0.25) is 10.0 Å². The minimum absolute atomic E-state index is 0.00342. The fourth-order valence-electron chi connectivity index (χ4n) is 3.02. The topological polar surface area (TPSA) is 111 Å². The van der Waals surface area contributed by atoms with Crippen LogP contribution in [0.15, 0.2) is 41.3 Å². The van der Waals surface area contributed by atoms with Gasteiger partial charge in [-0.2, -0.15) is 0 Å². The standard InChI is InChI=1S/C22H26N2O6S/c1-13-6-5-7-14(2)20(13)23-21(25)15(3)30-22(26)16-8-11-18(29-4)19(12-16)31(27,28)24-17-9-10-17/h5-8,11-12,15,17,24H,9-10H2,1-4H3,(H,23,25). The SMILES string of the molecule is COc1ccc(C(=O)OC(C)C(=O)Nc2c(C)cccc2C)cc1S(=O)(=O)NC1CC1. The molecule has 2 N–H and O–H groups in total. The summed E-state index contributed by atoms with van der Waals surface area (Å²) >= 11 is 0. The number of ether oxygens (including phenoxy) is 2. The lowest BCUT2D eigenvalue weighted by atomic mass is 10.1. The maximum atomic E-state index is 12.6. The van der Waals surface area contributed by atoms with E-state index in [0.29, 0.717) is 5.69 Å². The largest absolute Gasteiger partial charge is 0.495 e. The molecule has 9 heteroatoms. The highest BCUT2D eigenvalue weighted by atomic mass is 32.2. The van der Waals surface area contributed by atoms with Crippen molar-refractivity contribution in [3.63, 3.8) is 0 Å².